The van der Waals surface area contributed by atoms with Crippen LogP contribution in [0.4, 0.5) is 5.69 Å². The highest BCUT2D eigenvalue weighted by atomic mass is 35.5. The Labute approximate surface area is 119 Å². The van der Waals surface area contributed by atoms with Crippen LogP contribution in [-0.2, 0) is 6.54 Å². The molecule has 0 atom stereocenters. The van der Waals surface area contributed by atoms with Gasteiger partial charge in [-0.1, -0.05) is 48.0 Å². The Bertz CT molecular complexity index is 654. The fourth-order valence-corrected chi connectivity index (χ4v) is 2.99. The minimum Gasteiger partial charge on any atom is -0.280 e. The van der Waals surface area contributed by atoms with Crippen LogP contribution in [0.2, 0.25) is 0 Å². The predicted molar refractivity (Wildman–Crippen MR) is 82.3 cm³/mol. The summed E-state index contributed by atoms with van der Waals surface area (Å²) in [5, 5.41) is 0. The lowest BCUT2D eigenvalue weighted by atomic mass is 9.91. The van der Waals surface area contributed by atoms with Crippen molar-refractivity contribution in [2.45, 2.75) is 20.4 Å². The molecule has 2 aromatic rings. The second-order valence-corrected chi connectivity index (χ2v) is 5.48. The van der Waals surface area contributed by atoms with Crippen molar-refractivity contribution in [3.05, 3.63) is 70.8 Å². The molecule has 3 rings (SSSR count). The first-order valence-electron chi connectivity index (χ1n) is 6.47. The highest BCUT2D eigenvalue weighted by molar-refractivity contribution is 6.26. The summed E-state index contributed by atoms with van der Waals surface area (Å²) >= 11 is 6.46. The Kier molecular flexibility index (Phi) is 3.08. The zero-order valence-corrected chi connectivity index (χ0v) is 11.9. The molecule has 2 heteroatoms. The van der Waals surface area contributed by atoms with Gasteiger partial charge in [-0.2, -0.15) is 0 Å². The lowest BCUT2D eigenvalue weighted by Crippen LogP contribution is -2.09. The van der Waals surface area contributed by atoms with E-state index in [0.717, 1.165) is 12.2 Å². The molecule has 0 unspecified atom stereocenters. The molecule has 0 N–H and O–H groups in total. The average molecular weight is 270 g/mol. The summed E-state index contributed by atoms with van der Waals surface area (Å²) < 4.78 is 1.81. The Balaban J connectivity index is 2.36. The highest BCUT2D eigenvalue weighted by Crippen LogP contribution is 2.40. The van der Waals surface area contributed by atoms with Gasteiger partial charge in [0.1, 0.15) is 0 Å². The number of allylic oxidation sites excluding steroid dienone is 1. The second kappa shape index (κ2) is 4.75. The van der Waals surface area contributed by atoms with Gasteiger partial charge in [0.05, 0.1) is 12.2 Å². The quantitative estimate of drug-likeness (QED) is 0.608. The number of halogens is 1. The van der Waals surface area contributed by atoms with E-state index in [1.807, 2.05) is 10.5 Å². The van der Waals surface area contributed by atoms with Gasteiger partial charge < -0.3 is 0 Å². The van der Waals surface area contributed by atoms with Crippen LogP contribution in [0.5, 0.6) is 0 Å². The lowest BCUT2D eigenvalue weighted by Gasteiger charge is -2.16. The highest BCUT2D eigenvalue weighted by Gasteiger charge is 2.21. The molecule has 0 spiro atoms. The minimum atomic E-state index is 0.728. The maximum Gasteiger partial charge on any atom is 0.0606 e. The molecular formula is C17H16ClN. The van der Waals surface area contributed by atoms with E-state index in [1.165, 1.54) is 27.8 Å². The molecule has 0 saturated heterocycles. The summed E-state index contributed by atoms with van der Waals surface area (Å²) in [4.78, 5) is 0. The zero-order valence-electron chi connectivity index (χ0n) is 11.2. The molecule has 0 radical (unpaired) electrons. The summed E-state index contributed by atoms with van der Waals surface area (Å²) in [7, 11) is 0. The summed E-state index contributed by atoms with van der Waals surface area (Å²) in [5.41, 5.74) is 7.46. The zero-order chi connectivity index (χ0) is 13.4. The van der Waals surface area contributed by atoms with Crippen molar-refractivity contribution in [3.8, 4) is 0 Å². The fraction of sp³-hybridized carbons (Fsp3) is 0.176. The van der Waals surface area contributed by atoms with E-state index < -0.39 is 0 Å². The van der Waals surface area contributed by atoms with E-state index >= 15 is 0 Å². The van der Waals surface area contributed by atoms with Crippen LogP contribution < -0.4 is 4.42 Å². The number of nitrogens with zero attached hydrogens (tertiary/aromatic N) is 1. The molecule has 96 valence electrons. The van der Waals surface area contributed by atoms with Crippen LogP contribution in [0, 0.1) is 0 Å². The standard InChI is InChI=1S/C17H16ClN/c1-12(2)17-14-8-4-3-7-13(14)11-19(18)16-10-6-5-9-15(16)17/h3-10H,11H2,1-2H3. The molecule has 1 aliphatic heterocycles. The molecule has 1 heterocycles. The second-order valence-electron chi connectivity index (χ2n) is 5.07. The van der Waals surface area contributed by atoms with Gasteiger partial charge in [0.15, 0.2) is 0 Å². The molecule has 1 aliphatic rings. The molecular weight excluding hydrogens is 254 g/mol. The van der Waals surface area contributed by atoms with E-state index in [4.69, 9.17) is 11.8 Å². The van der Waals surface area contributed by atoms with Crippen molar-refractivity contribution in [3.63, 3.8) is 0 Å². The summed E-state index contributed by atoms with van der Waals surface area (Å²) in [6.45, 7) is 5.05. The fourth-order valence-electron chi connectivity index (χ4n) is 2.72. The molecule has 0 aliphatic carbocycles. The largest absolute Gasteiger partial charge is 0.280 e. The van der Waals surface area contributed by atoms with Gasteiger partial charge in [-0.3, -0.25) is 4.42 Å². The van der Waals surface area contributed by atoms with Crippen molar-refractivity contribution in [2.24, 2.45) is 0 Å². The monoisotopic (exact) mass is 269 g/mol. The predicted octanol–water partition coefficient (Wildman–Crippen LogP) is 5.00. The number of anilines is 1. The number of fused-ring (bicyclic) bond motifs is 2. The lowest BCUT2D eigenvalue weighted by molar-refractivity contribution is 1.05. The minimum absolute atomic E-state index is 0.728. The van der Waals surface area contributed by atoms with Crippen molar-refractivity contribution in [2.75, 3.05) is 4.42 Å². The van der Waals surface area contributed by atoms with Crippen molar-refractivity contribution in [1.29, 1.82) is 0 Å². The first-order valence-corrected chi connectivity index (χ1v) is 6.81. The van der Waals surface area contributed by atoms with Gasteiger partial charge in [-0.25, -0.2) is 0 Å². The van der Waals surface area contributed by atoms with E-state index in [2.05, 4.69) is 56.3 Å². The van der Waals surface area contributed by atoms with E-state index in [9.17, 15) is 0 Å². The molecule has 1 nitrogen and oxygen atoms in total. The number of hydrogen-bond donors (Lipinski definition) is 0. The topological polar surface area (TPSA) is 3.24 Å². The Morgan fingerprint density at radius 3 is 2.32 bits per heavy atom. The maximum atomic E-state index is 6.46. The molecule has 0 fully saturated rings. The number of rotatable bonds is 0. The third kappa shape index (κ3) is 2.04. The summed E-state index contributed by atoms with van der Waals surface area (Å²) in [6, 6.07) is 16.8. The van der Waals surface area contributed by atoms with Crippen LogP contribution >= 0.6 is 11.8 Å². The van der Waals surface area contributed by atoms with Crippen molar-refractivity contribution < 1.29 is 0 Å². The van der Waals surface area contributed by atoms with Crippen molar-refractivity contribution >= 4 is 23.0 Å². The van der Waals surface area contributed by atoms with Crippen LogP contribution in [0.25, 0.3) is 5.57 Å². The van der Waals surface area contributed by atoms with E-state index in [-0.39, 0.29) is 0 Å². The molecule has 2 aromatic carbocycles. The first-order chi connectivity index (χ1) is 9.18. The average Bonchev–Trinajstić information content (AvgIpc) is 2.53. The van der Waals surface area contributed by atoms with Gasteiger partial charge in [0.25, 0.3) is 0 Å². The molecule has 0 amide bonds. The van der Waals surface area contributed by atoms with Crippen LogP contribution in [-0.4, -0.2) is 0 Å². The molecule has 0 aromatic heterocycles. The summed E-state index contributed by atoms with van der Waals surface area (Å²) in [6.07, 6.45) is 0. The van der Waals surface area contributed by atoms with Crippen LogP contribution in [0.3, 0.4) is 0 Å². The smallest absolute Gasteiger partial charge is 0.0606 e. The first kappa shape index (κ1) is 12.3. The van der Waals surface area contributed by atoms with E-state index in [1.54, 1.807) is 0 Å². The number of hydrogen-bond acceptors (Lipinski definition) is 1. The molecule has 19 heavy (non-hydrogen) atoms. The SMILES string of the molecule is CC(C)=C1c2ccccc2CN(Cl)c2ccccc21. The van der Waals surface area contributed by atoms with Gasteiger partial charge in [-0.15, -0.1) is 0 Å². The van der Waals surface area contributed by atoms with Gasteiger partial charge in [-0.05, 0) is 36.6 Å². The van der Waals surface area contributed by atoms with Crippen molar-refractivity contribution in [1.82, 2.24) is 0 Å². The van der Waals surface area contributed by atoms with E-state index in [0.29, 0.717) is 0 Å². The molecule has 0 saturated carbocycles. The Morgan fingerprint density at radius 2 is 1.58 bits per heavy atom. The number of benzene rings is 2. The Morgan fingerprint density at radius 1 is 0.947 bits per heavy atom. The van der Waals surface area contributed by atoms with Crippen LogP contribution in [0.15, 0.2) is 54.1 Å². The maximum absolute atomic E-state index is 6.46. The number of para-hydroxylation sites is 1. The van der Waals surface area contributed by atoms with Gasteiger partial charge >= 0.3 is 0 Å². The summed E-state index contributed by atoms with van der Waals surface area (Å²) in [5.74, 6) is 0. The third-order valence-corrected chi connectivity index (χ3v) is 3.83. The normalized spacial score (nSPS) is 13.6. The van der Waals surface area contributed by atoms with Gasteiger partial charge in [0, 0.05) is 17.3 Å². The Hall–Kier alpha value is -1.73. The van der Waals surface area contributed by atoms with Crippen LogP contribution in [0.1, 0.15) is 30.5 Å². The molecule has 0 bridgehead atoms. The van der Waals surface area contributed by atoms with Gasteiger partial charge in [0.2, 0.25) is 0 Å². The third-order valence-electron chi connectivity index (χ3n) is 3.53.